The zero-order valence-electron chi connectivity index (χ0n) is 15.2. The maximum atomic E-state index is 12.7. The number of aromatic nitrogens is 3. The summed E-state index contributed by atoms with van der Waals surface area (Å²) in [7, 11) is 0. The van der Waals surface area contributed by atoms with Gasteiger partial charge in [0.05, 0.1) is 0 Å². The number of nitrogens with zero attached hydrogens (tertiary/aromatic N) is 4. The Morgan fingerprint density at radius 3 is 2.88 bits per heavy atom. The predicted molar refractivity (Wildman–Crippen MR) is 98.3 cm³/mol. The lowest BCUT2D eigenvalue weighted by Gasteiger charge is -2.24. The Labute approximate surface area is 149 Å². The number of carbonyl (C=O) groups excluding carboxylic acids is 1. The molecule has 1 saturated carbocycles. The van der Waals surface area contributed by atoms with Crippen LogP contribution in [0.1, 0.15) is 63.6 Å². The molecule has 0 radical (unpaired) electrons. The molecule has 1 aliphatic heterocycles. The maximum absolute atomic E-state index is 12.7. The first-order chi connectivity index (χ1) is 12.3. The van der Waals surface area contributed by atoms with Gasteiger partial charge in [0.2, 0.25) is 5.91 Å². The van der Waals surface area contributed by atoms with E-state index in [-0.39, 0.29) is 0 Å². The molecule has 3 heterocycles. The van der Waals surface area contributed by atoms with Gasteiger partial charge in [0, 0.05) is 38.2 Å². The summed E-state index contributed by atoms with van der Waals surface area (Å²) in [6, 6.07) is 3.96. The zero-order valence-corrected chi connectivity index (χ0v) is 15.2. The number of hydrogen-bond donors (Lipinski definition) is 0. The molecule has 134 valence electrons. The fourth-order valence-corrected chi connectivity index (χ4v) is 4.56. The van der Waals surface area contributed by atoms with Gasteiger partial charge < -0.3 is 9.47 Å². The Kier molecular flexibility index (Phi) is 4.73. The van der Waals surface area contributed by atoms with E-state index in [1.165, 1.54) is 32.1 Å². The van der Waals surface area contributed by atoms with Crippen molar-refractivity contribution in [2.75, 3.05) is 13.1 Å². The van der Waals surface area contributed by atoms with E-state index in [0.717, 1.165) is 49.5 Å². The third-order valence-electron chi connectivity index (χ3n) is 5.94. The first kappa shape index (κ1) is 16.6. The van der Waals surface area contributed by atoms with Crippen LogP contribution >= 0.6 is 0 Å². The average molecular weight is 340 g/mol. The number of likely N-dealkylation sites (tertiary alicyclic amines) is 1. The Bertz CT molecular complexity index is 747. The fourth-order valence-electron chi connectivity index (χ4n) is 4.56. The van der Waals surface area contributed by atoms with Crippen LogP contribution in [0.15, 0.2) is 18.3 Å². The van der Waals surface area contributed by atoms with Crippen molar-refractivity contribution in [1.82, 2.24) is 19.4 Å². The summed E-state index contributed by atoms with van der Waals surface area (Å²) >= 11 is 0. The minimum Gasteiger partial charge on any atom is -0.342 e. The second kappa shape index (κ2) is 7.14. The summed E-state index contributed by atoms with van der Waals surface area (Å²) in [5, 5.41) is 0. The summed E-state index contributed by atoms with van der Waals surface area (Å²) in [5.41, 5.74) is 1.93. The SMILES string of the molecule is CCn1c([C@@H]2CCN(C(=O)CC3CCCCC3)C2)nc2cccnc21. The quantitative estimate of drug-likeness (QED) is 0.852. The van der Waals surface area contributed by atoms with Crippen molar-refractivity contribution >= 4 is 17.1 Å². The van der Waals surface area contributed by atoms with E-state index in [1.54, 1.807) is 0 Å². The standard InChI is InChI=1S/C20H28N4O/c1-2-24-19(22-17-9-6-11-21-20(17)24)16-10-12-23(14-16)18(25)13-15-7-4-3-5-8-15/h6,9,11,15-16H,2-5,7-8,10,12-14H2,1H3/t16-/m1/s1. The molecule has 5 nitrogen and oxygen atoms in total. The lowest BCUT2D eigenvalue weighted by molar-refractivity contribution is -0.131. The normalized spacial score (nSPS) is 22.0. The van der Waals surface area contributed by atoms with Gasteiger partial charge >= 0.3 is 0 Å². The van der Waals surface area contributed by atoms with Crippen LogP contribution in [0.25, 0.3) is 11.2 Å². The van der Waals surface area contributed by atoms with E-state index in [0.29, 0.717) is 17.7 Å². The van der Waals surface area contributed by atoms with Crippen molar-refractivity contribution in [1.29, 1.82) is 0 Å². The second-order valence-corrected chi connectivity index (χ2v) is 7.59. The molecule has 1 amide bonds. The van der Waals surface area contributed by atoms with Crippen LogP contribution < -0.4 is 0 Å². The predicted octanol–water partition coefficient (Wildman–Crippen LogP) is 3.74. The van der Waals surface area contributed by atoms with Gasteiger partial charge in [0.15, 0.2) is 5.65 Å². The van der Waals surface area contributed by atoms with E-state index in [9.17, 15) is 4.79 Å². The lowest BCUT2D eigenvalue weighted by atomic mass is 9.87. The van der Waals surface area contributed by atoms with Crippen LogP contribution in [-0.2, 0) is 11.3 Å². The highest BCUT2D eigenvalue weighted by Crippen LogP contribution is 2.31. The van der Waals surface area contributed by atoms with Crippen molar-refractivity contribution in [2.24, 2.45) is 5.92 Å². The first-order valence-electron chi connectivity index (χ1n) is 9.85. The van der Waals surface area contributed by atoms with E-state index in [2.05, 4.69) is 21.4 Å². The number of rotatable bonds is 4. The number of carbonyl (C=O) groups is 1. The molecule has 1 saturated heterocycles. The number of fused-ring (bicyclic) bond motifs is 1. The molecule has 1 aliphatic carbocycles. The van der Waals surface area contributed by atoms with Crippen LogP contribution in [0.3, 0.4) is 0 Å². The molecule has 2 aromatic heterocycles. The molecule has 2 aromatic rings. The minimum atomic E-state index is 0.337. The molecule has 0 unspecified atom stereocenters. The van der Waals surface area contributed by atoms with Gasteiger partial charge in [0.1, 0.15) is 11.3 Å². The Balaban J connectivity index is 1.46. The van der Waals surface area contributed by atoms with Crippen LogP contribution in [0.2, 0.25) is 0 Å². The zero-order chi connectivity index (χ0) is 17.2. The van der Waals surface area contributed by atoms with Gasteiger partial charge in [-0.1, -0.05) is 19.3 Å². The molecule has 2 aliphatic rings. The van der Waals surface area contributed by atoms with E-state index in [1.807, 2.05) is 18.3 Å². The van der Waals surface area contributed by atoms with Crippen LogP contribution in [0.5, 0.6) is 0 Å². The van der Waals surface area contributed by atoms with E-state index >= 15 is 0 Å². The number of pyridine rings is 1. The number of aryl methyl sites for hydroxylation is 1. The minimum absolute atomic E-state index is 0.337. The highest BCUT2D eigenvalue weighted by Gasteiger charge is 2.31. The summed E-state index contributed by atoms with van der Waals surface area (Å²) < 4.78 is 2.22. The third kappa shape index (κ3) is 3.29. The monoisotopic (exact) mass is 340 g/mol. The summed E-state index contributed by atoms with van der Waals surface area (Å²) in [6.07, 6.45) is 10.0. The Morgan fingerprint density at radius 2 is 2.08 bits per heavy atom. The molecule has 0 bridgehead atoms. The average Bonchev–Trinajstić information content (AvgIpc) is 3.27. The van der Waals surface area contributed by atoms with Gasteiger partial charge in [-0.15, -0.1) is 0 Å². The molecular formula is C20H28N4O. The fraction of sp³-hybridized carbons (Fsp3) is 0.650. The molecule has 0 aromatic carbocycles. The smallest absolute Gasteiger partial charge is 0.222 e. The van der Waals surface area contributed by atoms with Crippen molar-refractivity contribution in [3.63, 3.8) is 0 Å². The summed E-state index contributed by atoms with van der Waals surface area (Å²) in [6.45, 7) is 4.70. The molecule has 25 heavy (non-hydrogen) atoms. The molecule has 0 N–H and O–H groups in total. The summed E-state index contributed by atoms with van der Waals surface area (Å²) in [4.78, 5) is 24.1. The van der Waals surface area contributed by atoms with Crippen LogP contribution in [0, 0.1) is 5.92 Å². The van der Waals surface area contributed by atoms with Crippen molar-refractivity contribution in [3.8, 4) is 0 Å². The molecule has 4 rings (SSSR count). The van der Waals surface area contributed by atoms with Crippen molar-refractivity contribution in [3.05, 3.63) is 24.2 Å². The van der Waals surface area contributed by atoms with E-state index in [4.69, 9.17) is 4.98 Å². The molecule has 2 fully saturated rings. The van der Waals surface area contributed by atoms with Crippen LogP contribution in [0.4, 0.5) is 0 Å². The molecule has 5 heteroatoms. The lowest BCUT2D eigenvalue weighted by Crippen LogP contribution is -2.30. The first-order valence-corrected chi connectivity index (χ1v) is 9.85. The number of imidazole rings is 1. The number of amides is 1. The third-order valence-corrected chi connectivity index (χ3v) is 5.94. The Hall–Kier alpha value is -1.91. The van der Waals surface area contributed by atoms with Gasteiger partial charge in [-0.2, -0.15) is 0 Å². The van der Waals surface area contributed by atoms with Gasteiger partial charge in [-0.05, 0) is 44.2 Å². The van der Waals surface area contributed by atoms with Crippen molar-refractivity contribution in [2.45, 2.75) is 64.3 Å². The maximum Gasteiger partial charge on any atom is 0.222 e. The Morgan fingerprint density at radius 1 is 1.24 bits per heavy atom. The molecular weight excluding hydrogens is 312 g/mol. The van der Waals surface area contributed by atoms with Crippen LogP contribution in [-0.4, -0.2) is 38.4 Å². The molecule has 0 spiro atoms. The second-order valence-electron chi connectivity index (χ2n) is 7.59. The van der Waals surface area contributed by atoms with Crippen molar-refractivity contribution < 1.29 is 4.79 Å². The highest BCUT2D eigenvalue weighted by atomic mass is 16.2. The molecule has 1 atom stereocenters. The number of hydrogen-bond acceptors (Lipinski definition) is 3. The summed E-state index contributed by atoms with van der Waals surface area (Å²) in [5.74, 6) is 2.41. The van der Waals surface area contributed by atoms with Gasteiger partial charge in [-0.3, -0.25) is 4.79 Å². The largest absolute Gasteiger partial charge is 0.342 e. The van der Waals surface area contributed by atoms with Gasteiger partial charge in [0.25, 0.3) is 0 Å². The topological polar surface area (TPSA) is 51.0 Å². The highest BCUT2D eigenvalue weighted by molar-refractivity contribution is 5.77. The van der Waals surface area contributed by atoms with Gasteiger partial charge in [-0.25, -0.2) is 9.97 Å². The van der Waals surface area contributed by atoms with E-state index < -0.39 is 0 Å².